The largest absolute Gasteiger partial charge is 0.491 e. The monoisotopic (exact) mass is 229 g/mol. The van der Waals surface area contributed by atoms with Crippen LogP contribution < -0.4 is 10.5 Å². The Morgan fingerprint density at radius 3 is 2.87 bits per heavy atom. The minimum Gasteiger partial charge on any atom is -0.491 e. The van der Waals surface area contributed by atoms with Gasteiger partial charge >= 0.3 is 0 Å². The van der Waals surface area contributed by atoms with E-state index in [0.717, 1.165) is 13.0 Å². The molecule has 3 nitrogen and oxygen atoms in total. The molecule has 0 aromatic heterocycles. The van der Waals surface area contributed by atoms with Gasteiger partial charge in [0.1, 0.15) is 5.75 Å². The molecule has 0 bridgehead atoms. The highest BCUT2D eigenvalue weighted by molar-refractivity contribution is 6.30. The van der Waals surface area contributed by atoms with Gasteiger partial charge in [0.25, 0.3) is 0 Å². The lowest BCUT2D eigenvalue weighted by molar-refractivity contribution is 0.131. The van der Waals surface area contributed by atoms with E-state index < -0.39 is 0 Å². The molecule has 2 N–H and O–H groups in total. The van der Waals surface area contributed by atoms with Crippen molar-refractivity contribution in [3.8, 4) is 5.75 Å². The van der Waals surface area contributed by atoms with Crippen LogP contribution in [-0.4, -0.2) is 19.8 Å². The summed E-state index contributed by atoms with van der Waals surface area (Å²) in [4.78, 5) is 0. The maximum Gasteiger partial charge on any atom is 0.143 e. The highest BCUT2D eigenvalue weighted by atomic mass is 35.5. The fourth-order valence-electron chi connectivity index (χ4n) is 1.12. The van der Waals surface area contributed by atoms with Gasteiger partial charge in [-0.1, -0.05) is 11.6 Å². The predicted octanol–water partition coefficient (Wildman–Crippen LogP) is 2.73. The summed E-state index contributed by atoms with van der Waals surface area (Å²) >= 11 is 5.82. The van der Waals surface area contributed by atoms with E-state index >= 15 is 0 Å². The van der Waals surface area contributed by atoms with Crippen LogP contribution in [0.2, 0.25) is 5.02 Å². The van der Waals surface area contributed by atoms with Crippen LogP contribution >= 0.6 is 11.6 Å². The van der Waals surface area contributed by atoms with Crippen LogP contribution in [0.3, 0.4) is 0 Å². The Hall–Kier alpha value is -0.930. The van der Waals surface area contributed by atoms with Crippen molar-refractivity contribution in [3.05, 3.63) is 23.2 Å². The molecule has 0 aliphatic heterocycles. The lowest BCUT2D eigenvalue weighted by Crippen LogP contribution is -2.04. The first-order valence-corrected chi connectivity index (χ1v) is 5.37. The van der Waals surface area contributed by atoms with E-state index in [4.69, 9.17) is 26.8 Å². The molecule has 0 unspecified atom stereocenters. The summed E-state index contributed by atoms with van der Waals surface area (Å²) < 4.78 is 10.7. The van der Waals surface area contributed by atoms with Gasteiger partial charge in [-0.25, -0.2) is 0 Å². The number of ether oxygens (including phenoxy) is 2. The molecule has 4 heteroatoms. The molecular formula is C11H16ClNO2. The van der Waals surface area contributed by atoms with Crippen LogP contribution in [0, 0.1) is 0 Å². The third kappa shape index (κ3) is 4.40. The molecule has 15 heavy (non-hydrogen) atoms. The number of hydrogen-bond acceptors (Lipinski definition) is 3. The van der Waals surface area contributed by atoms with Crippen molar-refractivity contribution in [2.45, 2.75) is 13.3 Å². The van der Waals surface area contributed by atoms with Gasteiger partial charge in [0.2, 0.25) is 0 Å². The summed E-state index contributed by atoms with van der Waals surface area (Å²) in [6.07, 6.45) is 0.847. The zero-order valence-corrected chi connectivity index (χ0v) is 9.59. The molecule has 1 aromatic carbocycles. The first-order valence-electron chi connectivity index (χ1n) is 4.99. The zero-order valence-electron chi connectivity index (χ0n) is 8.83. The van der Waals surface area contributed by atoms with Crippen molar-refractivity contribution in [3.63, 3.8) is 0 Å². The van der Waals surface area contributed by atoms with Gasteiger partial charge in [0.05, 0.1) is 12.3 Å². The number of rotatable bonds is 6. The second kappa shape index (κ2) is 6.53. The van der Waals surface area contributed by atoms with Gasteiger partial charge < -0.3 is 15.2 Å². The zero-order chi connectivity index (χ0) is 11.1. The summed E-state index contributed by atoms with van der Waals surface area (Å²) in [5.41, 5.74) is 6.32. The number of nitrogen functional groups attached to an aromatic ring is 1. The maximum absolute atomic E-state index is 5.82. The van der Waals surface area contributed by atoms with Gasteiger partial charge in [-0.3, -0.25) is 0 Å². The highest BCUT2D eigenvalue weighted by Crippen LogP contribution is 2.25. The van der Waals surface area contributed by atoms with E-state index in [2.05, 4.69) is 0 Å². The summed E-state index contributed by atoms with van der Waals surface area (Å²) in [6.45, 7) is 4.00. The Morgan fingerprint density at radius 2 is 2.13 bits per heavy atom. The van der Waals surface area contributed by atoms with E-state index in [0.29, 0.717) is 29.7 Å². The van der Waals surface area contributed by atoms with E-state index in [-0.39, 0.29) is 0 Å². The molecule has 0 saturated heterocycles. The summed E-state index contributed by atoms with van der Waals surface area (Å²) in [7, 11) is 0. The topological polar surface area (TPSA) is 44.5 Å². The third-order valence-electron chi connectivity index (χ3n) is 1.87. The second-order valence-electron chi connectivity index (χ2n) is 3.08. The average Bonchev–Trinajstić information content (AvgIpc) is 2.23. The third-order valence-corrected chi connectivity index (χ3v) is 2.11. The smallest absolute Gasteiger partial charge is 0.143 e. The van der Waals surface area contributed by atoms with Gasteiger partial charge in [-0.2, -0.15) is 0 Å². The first kappa shape index (κ1) is 12.1. The molecule has 0 atom stereocenters. The molecule has 1 aromatic rings. The van der Waals surface area contributed by atoms with Crippen molar-refractivity contribution < 1.29 is 9.47 Å². The van der Waals surface area contributed by atoms with E-state index in [9.17, 15) is 0 Å². The molecule has 0 saturated carbocycles. The van der Waals surface area contributed by atoms with Crippen molar-refractivity contribution in [2.24, 2.45) is 0 Å². The normalized spacial score (nSPS) is 10.3. The van der Waals surface area contributed by atoms with E-state index in [1.165, 1.54) is 0 Å². The average molecular weight is 230 g/mol. The Balaban J connectivity index is 2.33. The molecule has 1 rings (SSSR count). The van der Waals surface area contributed by atoms with Gasteiger partial charge in [0.15, 0.2) is 0 Å². The summed E-state index contributed by atoms with van der Waals surface area (Å²) in [5.74, 6) is 0.638. The number of halogens is 1. The lowest BCUT2D eigenvalue weighted by atomic mass is 10.3. The number of hydrogen-bond donors (Lipinski definition) is 1. The van der Waals surface area contributed by atoms with Gasteiger partial charge in [0, 0.05) is 30.7 Å². The van der Waals surface area contributed by atoms with Crippen molar-refractivity contribution in [1.82, 2.24) is 0 Å². The molecule has 0 radical (unpaired) electrons. The maximum atomic E-state index is 5.82. The predicted molar refractivity (Wildman–Crippen MR) is 62.5 cm³/mol. The SMILES string of the molecule is CCOCCCOc1cc(Cl)ccc1N. The van der Waals surface area contributed by atoms with Crippen molar-refractivity contribution in [1.29, 1.82) is 0 Å². The molecule has 0 aliphatic carbocycles. The Morgan fingerprint density at radius 1 is 1.33 bits per heavy atom. The Kier molecular flexibility index (Phi) is 5.29. The van der Waals surface area contributed by atoms with Crippen LogP contribution in [0.15, 0.2) is 18.2 Å². The minimum absolute atomic E-state index is 0.588. The van der Waals surface area contributed by atoms with Gasteiger partial charge in [-0.05, 0) is 19.1 Å². The standard InChI is InChI=1S/C11H16ClNO2/c1-2-14-6-3-7-15-11-8-9(12)4-5-10(11)13/h4-5,8H,2-3,6-7,13H2,1H3. The van der Waals surface area contributed by atoms with Crippen LogP contribution in [-0.2, 0) is 4.74 Å². The summed E-state index contributed by atoms with van der Waals surface area (Å²) in [6, 6.07) is 5.20. The lowest BCUT2D eigenvalue weighted by Gasteiger charge is -2.08. The highest BCUT2D eigenvalue weighted by Gasteiger charge is 2.00. The fourth-order valence-corrected chi connectivity index (χ4v) is 1.28. The van der Waals surface area contributed by atoms with Crippen LogP contribution in [0.1, 0.15) is 13.3 Å². The molecular weight excluding hydrogens is 214 g/mol. The number of benzene rings is 1. The van der Waals surface area contributed by atoms with E-state index in [1.54, 1.807) is 18.2 Å². The van der Waals surface area contributed by atoms with Crippen molar-refractivity contribution >= 4 is 17.3 Å². The quantitative estimate of drug-likeness (QED) is 0.603. The Labute approximate surface area is 95.1 Å². The number of nitrogens with two attached hydrogens (primary N) is 1. The molecule has 0 aliphatic rings. The molecule has 0 fully saturated rings. The minimum atomic E-state index is 0.588. The van der Waals surface area contributed by atoms with Crippen LogP contribution in [0.5, 0.6) is 5.75 Å². The molecule has 84 valence electrons. The molecule has 0 heterocycles. The fraction of sp³-hybridized carbons (Fsp3) is 0.455. The molecule has 0 spiro atoms. The molecule has 0 amide bonds. The van der Waals surface area contributed by atoms with Gasteiger partial charge in [-0.15, -0.1) is 0 Å². The number of anilines is 1. The Bertz CT molecular complexity index is 305. The second-order valence-corrected chi connectivity index (χ2v) is 3.52. The first-order chi connectivity index (χ1) is 7.24. The van der Waals surface area contributed by atoms with Crippen LogP contribution in [0.25, 0.3) is 0 Å². The summed E-state index contributed by atoms with van der Waals surface area (Å²) in [5, 5.41) is 0.629. The van der Waals surface area contributed by atoms with Crippen LogP contribution in [0.4, 0.5) is 5.69 Å². The van der Waals surface area contributed by atoms with Crippen molar-refractivity contribution in [2.75, 3.05) is 25.6 Å². The van der Waals surface area contributed by atoms with E-state index in [1.807, 2.05) is 6.92 Å².